The van der Waals surface area contributed by atoms with Gasteiger partial charge in [0.05, 0.1) is 0 Å². The zero-order valence-electron chi connectivity index (χ0n) is 13.4. The molecule has 0 aromatic carbocycles. The summed E-state index contributed by atoms with van der Waals surface area (Å²) in [4.78, 5) is 11.5. The first-order chi connectivity index (χ1) is 9.61. The van der Waals surface area contributed by atoms with E-state index in [0.717, 1.165) is 42.0 Å². The summed E-state index contributed by atoms with van der Waals surface area (Å²) in [5.41, 5.74) is 1.16. The van der Waals surface area contributed by atoms with E-state index < -0.39 is 0 Å². The van der Waals surface area contributed by atoms with Crippen molar-refractivity contribution in [3.63, 3.8) is 0 Å². The number of anilines is 2. The number of aryl methyl sites for hydroxylation is 1. The number of aromatic nitrogens is 2. The normalized spacial score (nSPS) is 16.2. The molecular formula is C16H28N4. The molecule has 1 fully saturated rings. The molecular weight excluding hydrogens is 248 g/mol. The summed E-state index contributed by atoms with van der Waals surface area (Å²) in [5.74, 6) is 3.73. The molecule has 0 aliphatic heterocycles. The Morgan fingerprint density at radius 3 is 2.50 bits per heavy atom. The van der Waals surface area contributed by atoms with Crippen molar-refractivity contribution in [2.75, 3.05) is 30.4 Å². The van der Waals surface area contributed by atoms with Crippen LogP contribution < -0.4 is 10.2 Å². The Kier molecular flexibility index (Phi) is 5.21. The predicted octanol–water partition coefficient (Wildman–Crippen LogP) is 3.54. The summed E-state index contributed by atoms with van der Waals surface area (Å²) in [5, 5.41) is 3.34. The number of nitrogens with one attached hydrogen (secondary N) is 1. The van der Waals surface area contributed by atoms with Gasteiger partial charge in [0.15, 0.2) is 0 Å². The van der Waals surface area contributed by atoms with Crippen LogP contribution in [0.25, 0.3) is 0 Å². The number of hydrogen-bond donors (Lipinski definition) is 1. The van der Waals surface area contributed by atoms with Crippen LogP contribution in [0.5, 0.6) is 0 Å². The maximum absolute atomic E-state index is 4.66. The minimum absolute atomic E-state index is 0.825. The Bertz CT molecular complexity index is 438. The van der Waals surface area contributed by atoms with Crippen molar-refractivity contribution in [1.29, 1.82) is 0 Å². The largest absolute Gasteiger partial charge is 0.370 e. The first-order valence-electron chi connectivity index (χ1n) is 7.92. The molecule has 0 spiro atoms. The molecule has 4 nitrogen and oxygen atoms in total. The second kappa shape index (κ2) is 6.91. The molecule has 0 unspecified atom stereocenters. The Labute approximate surface area is 123 Å². The van der Waals surface area contributed by atoms with Crippen molar-refractivity contribution in [2.45, 2.75) is 52.9 Å². The van der Waals surface area contributed by atoms with E-state index in [1.54, 1.807) is 0 Å². The van der Waals surface area contributed by atoms with Crippen LogP contribution in [0.3, 0.4) is 0 Å². The highest BCUT2D eigenvalue weighted by molar-refractivity contribution is 5.58. The average molecular weight is 276 g/mol. The van der Waals surface area contributed by atoms with Crippen LogP contribution in [0.4, 0.5) is 11.6 Å². The third-order valence-electron chi connectivity index (χ3n) is 4.19. The van der Waals surface area contributed by atoms with E-state index in [1.165, 1.54) is 32.1 Å². The number of hydrogen-bond acceptors (Lipinski definition) is 4. The van der Waals surface area contributed by atoms with Crippen molar-refractivity contribution in [3.05, 3.63) is 11.4 Å². The molecule has 0 bridgehead atoms. The van der Waals surface area contributed by atoms with Crippen molar-refractivity contribution < 1.29 is 0 Å². The van der Waals surface area contributed by atoms with E-state index in [4.69, 9.17) is 0 Å². The van der Waals surface area contributed by atoms with Gasteiger partial charge < -0.3 is 10.2 Å². The lowest BCUT2D eigenvalue weighted by Gasteiger charge is -2.29. The van der Waals surface area contributed by atoms with Crippen LogP contribution in [0.1, 0.15) is 50.4 Å². The third-order valence-corrected chi connectivity index (χ3v) is 4.19. The van der Waals surface area contributed by atoms with Crippen molar-refractivity contribution >= 4 is 11.6 Å². The SMILES string of the molecule is CCNc1nc(C)nc(N(C)CC2CCCCC2)c1C. The first kappa shape index (κ1) is 15.1. The molecule has 0 radical (unpaired) electrons. The molecule has 1 aromatic heterocycles. The van der Waals surface area contributed by atoms with E-state index in [9.17, 15) is 0 Å². The highest BCUT2D eigenvalue weighted by Crippen LogP contribution is 2.28. The van der Waals surface area contributed by atoms with Crippen LogP contribution in [0.15, 0.2) is 0 Å². The maximum Gasteiger partial charge on any atom is 0.137 e. The standard InChI is InChI=1S/C16H28N4/c1-5-17-15-12(2)16(19-13(3)18-15)20(4)11-14-9-7-6-8-10-14/h14H,5-11H2,1-4H3,(H,17,18,19). The predicted molar refractivity (Wildman–Crippen MR) is 85.5 cm³/mol. The monoisotopic (exact) mass is 276 g/mol. The highest BCUT2D eigenvalue weighted by atomic mass is 15.2. The van der Waals surface area contributed by atoms with Gasteiger partial charge in [-0.15, -0.1) is 0 Å². The molecule has 0 amide bonds. The fraction of sp³-hybridized carbons (Fsp3) is 0.750. The average Bonchev–Trinajstić information content (AvgIpc) is 2.43. The fourth-order valence-corrected chi connectivity index (χ4v) is 3.17. The second-order valence-electron chi connectivity index (χ2n) is 5.98. The molecule has 1 aromatic rings. The fourth-order valence-electron chi connectivity index (χ4n) is 3.17. The Hall–Kier alpha value is -1.32. The van der Waals surface area contributed by atoms with E-state index in [-0.39, 0.29) is 0 Å². The van der Waals surface area contributed by atoms with Crippen LogP contribution in [0.2, 0.25) is 0 Å². The molecule has 0 saturated heterocycles. The minimum atomic E-state index is 0.825. The van der Waals surface area contributed by atoms with Gasteiger partial charge in [0, 0.05) is 25.7 Å². The van der Waals surface area contributed by atoms with Gasteiger partial charge >= 0.3 is 0 Å². The maximum atomic E-state index is 4.66. The Balaban J connectivity index is 2.13. The van der Waals surface area contributed by atoms with Crippen LogP contribution in [0, 0.1) is 19.8 Å². The molecule has 1 N–H and O–H groups in total. The zero-order chi connectivity index (χ0) is 14.5. The van der Waals surface area contributed by atoms with E-state index in [1.807, 2.05) is 6.92 Å². The van der Waals surface area contributed by atoms with E-state index >= 15 is 0 Å². The van der Waals surface area contributed by atoms with Crippen molar-refractivity contribution in [3.8, 4) is 0 Å². The van der Waals surface area contributed by atoms with E-state index in [0.29, 0.717) is 0 Å². The minimum Gasteiger partial charge on any atom is -0.370 e. The molecule has 112 valence electrons. The first-order valence-corrected chi connectivity index (χ1v) is 7.92. The molecule has 1 aliphatic carbocycles. The van der Waals surface area contributed by atoms with Gasteiger partial charge in [0.1, 0.15) is 17.5 Å². The van der Waals surface area contributed by atoms with Gasteiger partial charge in [-0.3, -0.25) is 0 Å². The quantitative estimate of drug-likeness (QED) is 0.893. The van der Waals surface area contributed by atoms with Crippen LogP contribution in [-0.4, -0.2) is 30.1 Å². The molecule has 2 rings (SSSR count). The van der Waals surface area contributed by atoms with Gasteiger partial charge in [0.25, 0.3) is 0 Å². The Morgan fingerprint density at radius 2 is 1.85 bits per heavy atom. The summed E-state index contributed by atoms with van der Waals surface area (Å²) < 4.78 is 0. The lowest BCUT2D eigenvalue weighted by molar-refractivity contribution is 0.361. The Morgan fingerprint density at radius 1 is 1.15 bits per heavy atom. The topological polar surface area (TPSA) is 41.1 Å². The molecule has 0 atom stereocenters. The molecule has 1 aliphatic rings. The van der Waals surface area contributed by atoms with Gasteiger partial charge in [-0.2, -0.15) is 0 Å². The van der Waals surface area contributed by atoms with Crippen molar-refractivity contribution in [1.82, 2.24) is 9.97 Å². The molecule has 1 saturated carbocycles. The smallest absolute Gasteiger partial charge is 0.137 e. The second-order valence-corrected chi connectivity index (χ2v) is 5.98. The highest BCUT2D eigenvalue weighted by Gasteiger charge is 2.18. The molecule has 1 heterocycles. The zero-order valence-corrected chi connectivity index (χ0v) is 13.4. The lowest BCUT2D eigenvalue weighted by atomic mass is 9.89. The summed E-state index contributed by atoms with van der Waals surface area (Å²) >= 11 is 0. The number of nitrogens with zero attached hydrogens (tertiary/aromatic N) is 3. The van der Waals surface area contributed by atoms with Gasteiger partial charge in [-0.1, -0.05) is 19.3 Å². The summed E-state index contributed by atoms with van der Waals surface area (Å²) in [6.07, 6.45) is 6.93. The summed E-state index contributed by atoms with van der Waals surface area (Å²) in [7, 11) is 2.17. The van der Waals surface area contributed by atoms with E-state index in [2.05, 4.69) is 41.1 Å². The number of rotatable bonds is 5. The lowest BCUT2D eigenvalue weighted by Crippen LogP contribution is -2.28. The van der Waals surface area contributed by atoms with Crippen molar-refractivity contribution in [2.24, 2.45) is 5.92 Å². The molecule has 20 heavy (non-hydrogen) atoms. The van der Waals surface area contributed by atoms with Gasteiger partial charge in [-0.05, 0) is 39.5 Å². The summed E-state index contributed by atoms with van der Waals surface area (Å²) in [6.45, 7) is 8.19. The third kappa shape index (κ3) is 3.62. The van der Waals surface area contributed by atoms with Crippen LogP contribution in [-0.2, 0) is 0 Å². The summed E-state index contributed by atoms with van der Waals surface area (Å²) in [6, 6.07) is 0. The van der Waals surface area contributed by atoms with Crippen LogP contribution >= 0.6 is 0 Å². The van der Waals surface area contributed by atoms with Gasteiger partial charge in [-0.25, -0.2) is 9.97 Å². The van der Waals surface area contributed by atoms with Gasteiger partial charge in [0.2, 0.25) is 0 Å². The molecule has 4 heteroatoms.